The van der Waals surface area contributed by atoms with Crippen molar-refractivity contribution in [1.82, 2.24) is 30.0 Å². The van der Waals surface area contributed by atoms with Crippen molar-refractivity contribution in [1.29, 1.82) is 0 Å². The zero-order chi connectivity index (χ0) is 17.9. The molecule has 1 fully saturated rings. The number of benzene rings is 1. The van der Waals surface area contributed by atoms with Crippen molar-refractivity contribution < 1.29 is 9.47 Å². The largest absolute Gasteiger partial charge is 0.454 e. The van der Waals surface area contributed by atoms with Crippen LogP contribution in [0, 0.1) is 0 Å². The van der Waals surface area contributed by atoms with Gasteiger partial charge in [-0.1, -0.05) is 19.9 Å². The molecule has 0 spiro atoms. The Balaban J connectivity index is 0.00000210. The Kier molecular flexibility index (Phi) is 6.51. The SMILES string of the molecule is CCC(c1nnnn1Cc1ccc2c(c1)OCO2)N1CCN(CC)CC1.Cl. The van der Waals surface area contributed by atoms with Gasteiger partial charge in [0, 0.05) is 26.2 Å². The third-order valence-corrected chi connectivity index (χ3v) is 5.31. The highest BCUT2D eigenvalue weighted by Gasteiger charge is 2.27. The van der Waals surface area contributed by atoms with E-state index < -0.39 is 0 Å². The third-order valence-electron chi connectivity index (χ3n) is 5.31. The van der Waals surface area contributed by atoms with Gasteiger partial charge in [0.05, 0.1) is 12.6 Å². The van der Waals surface area contributed by atoms with Crippen LogP contribution in [-0.4, -0.2) is 69.5 Å². The van der Waals surface area contributed by atoms with Crippen molar-refractivity contribution in [2.75, 3.05) is 39.5 Å². The van der Waals surface area contributed by atoms with Crippen molar-refractivity contribution in [3.8, 4) is 11.5 Å². The summed E-state index contributed by atoms with van der Waals surface area (Å²) in [6.07, 6.45) is 0.994. The van der Waals surface area contributed by atoms with Gasteiger partial charge < -0.3 is 14.4 Å². The van der Waals surface area contributed by atoms with Gasteiger partial charge in [-0.05, 0) is 41.1 Å². The summed E-state index contributed by atoms with van der Waals surface area (Å²) in [7, 11) is 0. The molecule has 2 aliphatic heterocycles. The molecule has 1 atom stereocenters. The van der Waals surface area contributed by atoms with Crippen LogP contribution in [0.2, 0.25) is 0 Å². The average molecular weight is 395 g/mol. The molecule has 1 aromatic heterocycles. The van der Waals surface area contributed by atoms with Crippen molar-refractivity contribution in [2.45, 2.75) is 32.9 Å². The topological polar surface area (TPSA) is 68.5 Å². The molecular weight excluding hydrogens is 368 g/mol. The lowest BCUT2D eigenvalue weighted by Crippen LogP contribution is -2.47. The predicted molar refractivity (Wildman–Crippen MR) is 103 cm³/mol. The molecule has 1 saturated heterocycles. The van der Waals surface area contributed by atoms with Crippen LogP contribution in [0.4, 0.5) is 0 Å². The van der Waals surface area contributed by atoms with Crippen LogP contribution in [-0.2, 0) is 6.54 Å². The summed E-state index contributed by atoms with van der Waals surface area (Å²) in [5.41, 5.74) is 1.11. The molecule has 0 amide bonds. The van der Waals surface area contributed by atoms with Gasteiger partial charge in [0.25, 0.3) is 0 Å². The van der Waals surface area contributed by atoms with Gasteiger partial charge in [0.2, 0.25) is 6.79 Å². The van der Waals surface area contributed by atoms with E-state index in [9.17, 15) is 0 Å². The number of piperazine rings is 1. The molecule has 0 aliphatic carbocycles. The summed E-state index contributed by atoms with van der Waals surface area (Å²) in [4.78, 5) is 4.99. The maximum absolute atomic E-state index is 5.48. The highest BCUT2D eigenvalue weighted by Crippen LogP contribution is 2.33. The lowest BCUT2D eigenvalue weighted by molar-refractivity contribution is 0.0915. The average Bonchev–Trinajstić information content (AvgIpc) is 3.32. The molecule has 0 radical (unpaired) electrons. The number of likely N-dealkylation sites (N-methyl/N-ethyl adjacent to an activating group) is 1. The van der Waals surface area contributed by atoms with E-state index in [0.717, 1.165) is 62.0 Å². The first kappa shape index (κ1) is 19.9. The normalized spacial score (nSPS) is 18.3. The quantitative estimate of drug-likeness (QED) is 0.741. The number of halogens is 1. The van der Waals surface area contributed by atoms with Crippen LogP contribution in [0.5, 0.6) is 11.5 Å². The molecule has 1 aromatic carbocycles. The lowest BCUT2D eigenvalue weighted by atomic mass is 10.1. The van der Waals surface area contributed by atoms with E-state index >= 15 is 0 Å². The summed E-state index contributed by atoms with van der Waals surface area (Å²) < 4.78 is 12.8. The molecule has 27 heavy (non-hydrogen) atoms. The summed E-state index contributed by atoms with van der Waals surface area (Å²) >= 11 is 0. The Morgan fingerprint density at radius 3 is 2.59 bits per heavy atom. The van der Waals surface area contributed by atoms with Crippen LogP contribution in [0.25, 0.3) is 0 Å². The first-order valence-corrected chi connectivity index (χ1v) is 9.39. The molecule has 4 rings (SSSR count). The highest BCUT2D eigenvalue weighted by atomic mass is 35.5. The zero-order valence-corrected chi connectivity index (χ0v) is 16.7. The Morgan fingerprint density at radius 1 is 1.07 bits per heavy atom. The number of nitrogens with zero attached hydrogens (tertiary/aromatic N) is 6. The second-order valence-corrected chi connectivity index (χ2v) is 6.78. The van der Waals surface area contributed by atoms with Gasteiger partial charge in [-0.2, -0.15) is 0 Å². The van der Waals surface area contributed by atoms with E-state index in [1.807, 2.05) is 22.9 Å². The molecule has 2 aliphatic rings. The van der Waals surface area contributed by atoms with Crippen LogP contribution in [0.1, 0.15) is 37.7 Å². The van der Waals surface area contributed by atoms with Gasteiger partial charge in [-0.25, -0.2) is 4.68 Å². The number of tetrazole rings is 1. The number of aromatic nitrogens is 4. The molecule has 3 heterocycles. The fraction of sp³-hybridized carbons (Fsp3) is 0.611. The number of fused-ring (bicyclic) bond motifs is 1. The number of hydrogen-bond donors (Lipinski definition) is 0. The monoisotopic (exact) mass is 394 g/mol. The van der Waals surface area contributed by atoms with Crippen LogP contribution in [0.3, 0.4) is 0 Å². The van der Waals surface area contributed by atoms with Gasteiger partial charge in [0.15, 0.2) is 17.3 Å². The fourth-order valence-electron chi connectivity index (χ4n) is 3.77. The van der Waals surface area contributed by atoms with Crippen molar-refractivity contribution in [3.05, 3.63) is 29.6 Å². The van der Waals surface area contributed by atoms with E-state index in [1.54, 1.807) is 0 Å². The second-order valence-electron chi connectivity index (χ2n) is 6.78. The summed E-state index contributed by atoms with van der Waals surface area (Å²) in [5.74, 6) is 2.53. The second kappa shape index (κ2) is 8.86. The van der Waals surface area contributed by atoms with Crippen molar-refractivity contribution in [2.24, 2.45) is 0 Å². The Bertz CT molecular complexity index is 747. The summed E-state index contributed by atoms with van der Waals surface area (Å²) in [6, 6.07) is 6.25. The molecule has 2 aromatic rings. The zero-order valence-electron chi connectivity index (χ0n) is 15.9. The van der Waals surface area contributed by atoms with Crippen LogP contribution >= 0.6 is 12.4 Å². The summed E-state index contributed by atoms with van der Waals surface area (Å²) in [5, 5.41) is 12.6. The Hall–Kier alpha value is -1.90. The molecule has 8 nitrogen and oxygen atoms in total. The molecule has 1 unspecified atom stereocenters. The third kappa shape index (κ3) is 4.17. The first-order chi connectivity index (χ1) is 12.8. The van der Waals surface area contributed by atoms with Gasteiger partial charge in [0.1, 0.15) is 0 Å². The molecule has 148 valence electrons. The minimum Gasteiger partial charge on any atom is -0.454 e. The Morgan fingerprint density at radius 2 is 1.85 bits per heavy atom. The van der Waals surface area contributed by atoms with Gasteiger partial charge >= 0.3 is 0 Å². The predicted octanol–water partition coefficient (Wildman–Crippen LogP) is 1.96. The highest BCUT2D eigenvalue weighted by molar-refractivity contribution is 5.85. The van der Waals surface area contributed by atoms with Crippen molar-refractivity contribution >= 4 is 12.4 Å². The summed E-state index contributed by atoms with van der Waals surface area (Å²) in [6.45, 7) is 10.8. The van der Waals surface area contributed by atoms with Crippen molar-refractivity contribution in [3.63, 3.8) is 0 Å². The molecule has 0 saturated carbocycles. The fourth-order valence-corrected chi connectivity index (χ4v) is 3.77. The molecule has 0 bridgehead atoms. The number of ether oxygens (including phenoxy) is 2. The first-order valence-electron chi connectivity index (χ1n) is 9.39. The lowest BCUT2D eigenvalue weighted by Gasteiger charge is -2.38. The van der Waals surface area contributed by atoms with Gasteiger partial charge in [-0.15, -0.1) is 17.5 Å². The van der Waals surface area contributed by atoms with Gasteiger partial charge in [-0.3, -0.25) is 4.90 Å². The standard InChI is InChI=1S/C18H26N6O2.ClH/c1-3-15(23-9-7-22(4-2)8-10-23)18-19-20-21-24(18)12-14-5-6-16-17(11-14)26-13-25-16;/h5-6,11,15H,3-4,7-10,12-13H2,1-2H3;1H. The van der Waals surface area contributed by atoms with Crippen LogP contribution in [0.15, 0.2) is 18.2 Å². The van der Waals surface area contributed by atoms with E-state index in [-0.39, 0.29) is 25.2 Å². The van der Waals surface area contributed by atoms with E-state index in [2.05, 4.69) is 39.2 Å². The molecule has 0 N–H and O–H groups in total. The minimum absolute atomic E-state index is 0. The molecule has 9 heteroatoms. The molecular formula is C18H27ClN6O2. The Labute approximate surface area is 165 Å². The van der Waals surface area contributed by atoms with Crippen LogP contribution < -0.4 is 9.47 Å². The van der Waals surface area contributed by atoms with E-state index in [4.69, 9.17) is 9.47 Å². The van der Waals surface area contributed by atoms with E-state index in [1.165, 1.54) is 0 Å². The maximum atomic E-state index is 5.48. The number of rotatable bonds is 6. The minimum atomic E-state index is 0. The maximum Gasteiger partial charge on any atom is 0.231 e. The van der Waals surface area contributed by atoms with E-state index in [0.29, 0.717) is 6.54 Å². The number of hydrogen-bond acceptors (Lipinski definition) is 7. The smallest absolute Gasteiger partial charge is 0.231 e.